The predicted octanol–water partition coefficient (Wildman–Crippen LogP) is 5.70. The van der Waals surface area contributed by atoms with E-state index >= 15 is 0 Å². The Morgan fingerprint density at radius 3 is 2.53 bits per heavy atom. The van der Waals surface area contributed by atoms with Gasteiger partial charge in [0.05, 0.1) is 11.2 Å². The lowest BCUT2D eigenvalue weighted by Gasteiger charge is -2.12. The van der Waals surface area contributed by atoms with Gasteiger partial charge in [-0.3, -0.25) is 4.98 Å². The molecule has 5 heteroatoms. The Bertz CT molecular complexity index is 1300. The largest absolute Gasteiger partial charge is 0.397 e. The number of benzene rings is 3. The molecule has 2 aromatic heterocycles. The number of nitrogen functional groups attached to an aromatic ring is 1. The minimum absolute atomic E-state index is 0.686. The van der Waals surface area contributed by atoms with Crippen molar-refractivity contribution in [1.82, 2.24) is 9.97 Å². The lowest BCUT2D eigenvalue weighted by Crippen LogP contribution is -2.04. The number of aromatic nitrogens is 2. The number of nitrogens with two attached hydrogens (primary N) is 1. The van der Waals surface area contributed by atoms with Crippen molar-refractivity contribution < 1.29 is 0 Å². The van der Waals surface area contributed by atoms with Crippen LogP contribution in [0.15, 0.2) is 85.2 Å². The maximum atomic E-state index is 6.05. The van der Waals surface area contributed by atoms with E-state index in [0.717, 1.165) is 40.9 Å². The number of aromatic amines is 1. The van der Waals surface area contributed by atoms with E-state index in [4.69, 9.17) is 5.73 Å². The monoisotopic (exact) mass is 393 g/mol. The summed E-state index contributed by atoms with van der Waals surface area (Å²) in [6.45, 7) is 0.878. The summed E-state index contributed by atoms with van der Waals surface area (Å²) in [7, 11) is 0. The van der Waals surface area contributed by atoms with Crippen molar-refractivity contribution >= 4 is 44.6 Å². The molecular formula is C25H23N5. The molecule has 0 aliphatic carbocycles. The van der Waals surface area contributed by atoms with Crippen molar-refractivity contribution in [3.8, 4) is 0 Å². The summed E-state index contributed by atoms with van der Waals surface area (Å²) in [5, 5.41) is 9.29. The third-order valence-corrected chi connectivity index (χ3v) is 5.36. The van der Waals surface area contributed by atoms with Gasteiger partial charge >= 0.3 is 0 Å². The van der Waals surface area contributed by atoms with Crippen LogP contribution in [0.1, 0.15) is 5.56 Å². The summed E-state index contributed by atoms with van der Waals surface area (Å²) in [6.07, 6.45) is 4.85. The number of fused-ring (bicyclic) bond motifs is 2. The topological polar surface area (TPSA) is 78.8 Å². The molecule has 5 aromatic rings. The second kappa shape index (κ2) is 7.79. The molecular weight excluding hydrogens is 370 g/mol. The van der Waals surface area contributed by atoms with Gasteiger partial charge in [-0.05, 0) is 54.4 Å². The lowest BCUT2D eigenvalue weighted by atomic mass is 10.1. The van der Waals surface area contributed by atoms with E-state index in [1.54, 1.807) is 6.20 Å². The minimum atomic E-state index is 0.686. The summed E-state index contributed by atoms with van der Waals surface area (Å²) in [5.74, 6) is 0. The van der Waals surface area contributed by atoms with Gasteiger partial charge in [-0.2, -0.15) is 0 Å². The zero-order valence-corrected chi connectivity index (χ0v) is 16.5. The third kappa shape index (κ3) is 3.53. The normalized spacial score (nSPS) is 11.1. The zero-order valence-electron chi connectivity index (χ0n) is 16.5. The third-order valence-electron chi connectivity index (χ3n) is 5.36. The highest BCUT2D eigenvalue weighted by Gasteiger charge is 2.05. The summed E-state index contributed by atoms with van der Waals surface area (Å²) < 4.78 is 0. The number of nitrogens with one attached hydrogen (secondary N) is 3. The first-order chi connectivity index (χ1) is 14.8. The van der Waals surface area contributed by atoms with Crippen LogP contribution < -0.4 is 16.4 Å². The van der Waals surface area contributed by atoms with E-state index in [-0.39, 0.29) is 0 Å². The van der Waals surface area contributed by atoms with Gasteiger partial charge in [0.15, 0.2) is 0 Å². The van der Waals surface area contributed by atoms with Gasteiger partial charge < -0.3 is 21.4 Å². The summed E-state index contributed by atoms with van der Waals surface area (Å²) in [6, 6.07) is 24.6. The molecule has 0 aliphatic rings. The van der Waals surface area contributed by atoms with E-state index in [2.05, 4.69) is 75.3 Å². The Kier molecular flexibility index (Phi) is 4.69. The van der Waals surface area contributed by atoms with Crippen LogP contribution in [0.5, 0.6) is 0 Å². The molecule has 0 bridgehead atoms. The molecule has 5 nitrogen and oxygen atoms in total. The molecule has 3 aromatic carbocycles. The van der Waals surface area contributed by atoms with Gasteiger partial charge in [0.1, 0.15) is 0 Å². The molecule has 0 amide bonds. The van der Waals surface area contributed by atoms with Crippen LogP contribution in [-0.2, 0) is 6.42 Å². The number of nitrogens with zero attached hydrogens (tertiary/aromatic N) is 1. The number of para-hydroxylation sites is 2. The fourth-order valence-corrected chi connectivity index (χ4v) is 3.81. The summed E-state index contributed by atoms with van der Waals surface area (Å²) in [5.41, 5.74) is 13.2. The van der Waals surface area contributed by atoms with Crippen molar-refractivity contribution in [3.05, 3.63) is 90.8 Å². The number of hydrogen-bond donors (Lipinski definition) is 4. The average Bonchev–Trinajstić information content (AvgIpc) is 3.19. The second-order valence-corrected chi connectivity index (χ2v) is 7.34. The van der Waals surface area contributed by atoms with E-state index in [0.29, 0.717) is 5.69 Å². The maximum absolute atomic E-state index is 6.05. The molecule has 5 N–H and O–H groups in total. The predicted molar refractivity (Wildman–Crippen MR) is 126 cm³/mol. The number of hydrogen-bond acceptors (Lipinski definition) is 4. The van der Waals surface area contributed by atoms with E-state index in [1.807, 2.05) is 24.3 Å². The van der Waals surface area contributed by atoms with Crippen molar-refractivity contribution in [1.29, 1.82) is 0 Å². The molecule has 30 heavy (non-hydrogen) atoms. The number of pyridine rings is 1. The average molecular weight is 393 g/mol. The molecule has 148 valence electrons. The molecule has 0 saturated carbocycles. The van der Waals surface area contributed by atoms with Crippen molar-refractivity contribution in [2.75, 3.05) is 22.9 Å². The Hall–Kier alpha value is -3.99. The summed E-state index contributed by atoms with van der Waals surface area (Å²) >= 11 is 0. The van der Waals surface area contributed by atoms with Crippen molar-refractivity contribution in [3.63, 3.8) is 0 Å². The van der Waals surface area contributed by atoms with Gasteiger partial charge in [0, 0.05) is 52.3 Å². The zero-order chi connectivity index (χ0) is 20.3. The Labute approximate surface area is 175 Å². The standard InChI is InChI=1S/C25H23N5/c26-22-6-3-5-21-24(13-15-28-25(21)22)30-19-10-8-18(9-11-19)27-14-12-17-16-29-23-7-2-1-4-20(17)23/h1-11,13,15-16,27,29H,12,14,26H2,(H,28,30). The Morgan fingerprint density at radius 2 is 1.63 bits per heavy atom. The van der Waals surface area contributed by atoms with Crippen molar-refractivity contribution in [2.45, 2.75) is 6.42 Å². The van der Waals surface area contributed by atoms with Crippen LogP contribution in [0.25, 0.3) is 21.8 Å². The molecule has 0 radical (unpaired) electrons. The van der Waals surface area contributed by atoms with Crippen LogP contribution in [0.4, 0.5) is 22.7 Å². The highest BCUT2D eigenvalue weighted by atomic mass is 14.9. The van der Waals surface area contributed by atoms with E-state index in [9.17, 15) is 0 Å². The SMILES string of the molecule is Nc1cccc2c(Nc3ccc(NCCc4c[nH]c5ccccc45)cc3)ccnc12. The molecule has 2 heterocycles. The highest BCUT2D eigenvalue weighted by molar-refractivity contribution is 5.98. The molecule has 0 fully saturated rings. The number of rotatable bonds is 6. The first-order valence-electron chi connectivity index (χ1n) is 10.1. The Morgan fingerprint density at radius 1 is 0.833 bits per heavy atom. The van der Waals surface area contributed by atoms with Crippen LogP contribution in [0.3, 0.4) is 0 Å². The van der Waals surface area contributed by atoms with Gasteiger partial charge in [-0.25, -0.2) is 0 Å². The van der Waals surface area contributed by atoms with Crippen LogP contribution in [0.2, 0.25) is 0 Å². The molecule has 0 unspecified atom stereocenters. The van der Waals surface area contributed by atoms with Gasteiger partial charge in [0.25, 0.3) is 0 Å². The van der Waals surface area contributed by atoms with Gasteiger partial charge in [-0.15, -0.1) is 0 Å². The molecule has 0 saturated heterocycles. The molecule has 0 spiro atoms. The van der Waals surface area contributed by atoms with E-state index in [1.165, 1.54) is 16.5 Å². The smallest absolute Gasteiger partial charge is 0.0951 e. The van der Waals surface area contributed by atoms with Crippen molar-refractivity contribution in [2.24, 2.45) is 0 Å². The fourth-order valence-electron chi connectivity index (χ4n) is 3.81. The Balaban J connectivity index is 1.24. The number of H-pyrrole nitrogens is 1. The minimum Gasteiger partial charge on any atom is -0.397 e. The second-order valence-electron chi connectivity index (χ2n) is 7.34. The fraction of sp³-hybridized carbons (Fsp3) is 0.0800. The molecule has 5 rings (SSSR count). The van der Waals surface area contributed by atoms with Gasteiger partial charge in [0.2, 0.25) is 0 Å². The molecule has 0 aliphatic heterocycles. The number of anilines is 4. The van der Waals surface area contributed by atoms with Crippen LogP contribution >= 0.6 is 0 Å². The first-order valence-corrected chi connectivity index (χ1v) is 10.1. The van der Waals surface area contributed by atoms with E-state index < -0.39 is 0 Å². The van der Waals surface area contributed by atoms with Crippen LogP contribution in [-0.4, -0.2) is 16.5 Å². The lowest BCUT2D eigenvalue weighted by molar-refractivity contribution is 1.03. The maximum Gasteiger partial charge on any atom is 0.0951 e. The highest BCUT2D eigenvalue weighted by Crippen LogP contribution is 2.28. The van der Waals surface area contributed by atoms with Crippen LogP contribution in [0, 0.1) is 0 Å². The van der Waals surface area contributed by atoms with Gasteiger partial charge in [-0.1, -0.05) is 30.3 Å². The summed E-state index contributed by atoms with van der Waals surface area (Å²) in [4.78, 5) is 7.73. The first kappa shape index (κ1) is 18.1. The molecule has 0 atom stereocenters. The quantitative estimate of drug-likeness (QED) is 0.279.